The molecule has 0 radical (unpaired) electrons. The van der Waals surface area contributed by atoms with E-state index in [4.69, 9.17) is 19.3 Å². The molecule has 0 saturated carbocycles. The second kappa shape index (κ2) is 6.27. The third-order valence-electron chi connectivity index (χ3n) is 1.81. The van der Waals surface area contributed by atoms with Crippen molar-refractivity contribution in [3.63, 3.8) is 0 Å². The number of hydrogen-bond donors (Lipinski definition) is 1. The maximum Gasteiger partial charge on any atom is 0.197 e. The monoisotopic (exact) mass is 212 g/mol. The summed E-state index contributed by atoms with van der Waals surface area (Å²) in [5.41, 5.74) is 0. The number of benzene rings is 1. The molecule has 4 nitrogen and oxygen atoms in total. The van der Waals surface area contributed by atoms with E-state index in [1.54, 1.807) is 20.1 Å². The molecule has 0 fully saturated rings. The van der Waals surface area contributed by atoms with Crippen molar-refractivity contribution in [3.05, 3.63) is 24.3 Å². The Labute approximate surface area is 89.4 Å². The summed E-state index contributed by atoms with van der Waals surface area (Å²) >= 11 is 0. The van der Waals surface area contributed by atoms with Crippen LogP contribution in [0.1, 0.15) is 6.92 Å². The fourth-order valence-electron chi connectivity index (χ4n) is 1.15. The van der Waals surface area contributed by atoms with Crippen molar-refractivity contribution in [1.82, 2.24) is 0 Å². The first-order valence-corrected chi connectivity index (χ1v) is 4.80. The van der Waals surface area contributed by atoms with Gasteiger partial charge in [0.15, 0.2) is 17.8 Å². The van der Waals surface area contributed by atoms with Crippen molar-refractivity contribution in [2.45, 2.75) is 13.2 Å². The molecule has 4 heteroatoms. The van der Waals surface area contributed by atoms with Gasteiger partial charge in [0, 0.05) is 0 Å². The van der Waals surface area contributed by atoms with Gasteiger partial charge in [-0.1, -0.05) is 12.1 Å². The highest BCUT2D eigenvalue weighted by atomic mass is 16.7. The summed E-state index contributed by atoms with van der Waals surface area (Å²) < 4.78 is 15.8. The number of para-hydroxylation sites is 2. The van der Waals surface area contributed by atoms with Crippen LogP contribution in [0, 0.1) is 0 Å². The zero-order valence-corrected chi connectivity index (χ0v) is 8.97. The molecule has 15 heavy (non-hydrogen) atoms. The average molecular weight is 212 g/mol. The van der Waals surface area contributed by atoms with Gasteiger partial charge in [-0.25, -0.2) is 0 Å². The van der Waals surface area contributed by atoms with E-state index in [1.807, 2.05) is 18.2 Å². The van der Waals surface area contributed by atoms with Crippen molar-refractivity contribution in [3.8, 4) is 11.5 Å². The topological polar surface area (TPSA) is 47.9 Å². The van der Waals surface area contributed by atoms with Crippen LogP contribution in [0.15, 0.2) is 24.3 Å². The molecule has 0 aliphatic rings. The van der Waals surface area contributed by atoms with Crippen LogP contribution in [0.4, 0.5) is 0 Å². The zero-order chi connectivity index (χ0) is 11.1. The molecule has 0 aromatic heterocycles. The van der Waals surface area contributed by atoms with Gasteiger partial charge in [-0.3, -0.25) is 0 Å². The minimum absolute atomic E-state index is 0.0143. The lowest BCUT2D eigenvalue weighted by Gasteiger charge is -2.16. The van der Waals surface area contributed by atoms with Crippen molar-refractivity contribution >= 4 is 0 Å². The lowest BCUT2D eigenvalue weighted by Crippen LogP contribution is -2.18. The van der Waals surface area contributed by atoms with Crippen LogP contribution in [0.5, 0.6) is 11.5 Å². The van der Waals surface area contributed by atoms with Crippen LogP contribution in [-0.2, 0) is 4.74 Å². The van der Waals surface area contributed by atoms with Crippen molar-refractivity contribution in [1.29, 1.82) is 0 Å². The van der Waals surface area contributed by atoms with Crippen molar-refractivity contribution in [2.24, 2.45) is 0 Å². The Morgan fingerprint density at radius 2 is 1.93 bits per heavy atom. The highest BCUT2D eigenvalue weighted by Gasteiger charge is 2.07. The minimum atomic E-state index is -0.409. The number of ether oxygens (including phenoxy) is 3. The number of hydrogen-bond acceptors (Lipinski definition) is 4. The summed E-state index contributed by atoms with van der Waals surface area (Å²) in [5, 5.41) is 8.58. The van der Waals surface area contributed by atoms with E-state index < -0.39 is 6.29 Å². The Hall–Kier alpha value is -1.26. The Bertz CT molecular complexity index is 288. The molecule has 1 aromatic rings. The van der Waals surface area contributed by atoms with Gasteiger partial charge in [0.2, 0.25) is 0 Å². The van der Waals surface area contributed by atoms with Gasteiger partial charge in [0.1, 0.15) is 0 Å². The van der Waals surface area contributed by atoms with Gasteiger partial charge >= 0.3 is 0 Å². The quantitative estimate of drug-likeness (QED) is 0.725. The highest BCUT2D eigenvalue weighted by molar-refractivity contribution is 5.39. The van der Waals surface area contributed by atoms with E-state index in [9.17, 15) is 0 Å². The average Bonchev–Trinajstić information content (AvgIpc) is 2.27. The Balaban J connectivity index is 2.55. The molecular weight excluding hydrogens is 196 g/mol. The number of aliphatic hydroxyl groups excluding tert-OH is 1. The van der Waals surface area contributed by atoms with Crippen LogP contribution in [0.25, 0.3) is 0 Å². The Kier molecular flexibility index (Phi) is 4.93. The first-order valence-electron chi connectivity index (χ1n) is 4.80. The summed E-state index contributed by atoms with van der Waals surface area (Å²) in [6.07, 6.45) is -0.409. The van der Waals surface area contributed by atoms with E-state index in [-0.39, 0.29) is 13.2 Å². The maximum atomic E-state index is 8.58. The smallest absolute Gasteiger partial charge is 0.197 e. The van der Waals surface area contributed by atoms with E-state index in [1.165, 1.54) is 0 Å². The van der Waals surface area contributed by atoms with E-state index in [0.717, 1.165) is 0 Å². The molecule has 0 bridgehead atoms. The summed E-state index contributed by atoms with van der Waals surface area (Å²) in [6.45, 7) is 2.01. The van der Waals surface area contributed by atoms with Gasteiger partial charge in [0.05, 0.1) is 20.3 Å². The number of aliphatic hydroxyl groups is 1. The first kappa shape index (κ1) is 11.8. The normalized spacial score (nSPS) is 12.2. The van der Waals surface area contributed by atoms with E-state index in [2.05, 4.69) is 0 Å². The standard InChI is InChI=1S/C11H16O4/c1-9(14-8-7-12)15-11-6-4-3-5-10(11)13-2/h3-6,9,12H,7-8H2,1-2H3. The molecule has 0 aliphatic heterocycles. The summed E-state index contributed by atoms with van der Waals surface area (Å²) in [7, 11) is 1.58. The van der Waals surface area contributed by atoms with Gasteiger partial charge < -0.3 is 19.3 Å². The molecule has 1 aromatic carbocycles. The Morgan fingerprint density at radius 1 is 1.27 bits per heavy atom. The molecular formula is C11H16O4. The summed E-state index contributed by atoms with van der Waals surface area (Å²) in [5.74, 6) is 1.29. The van der Waals surface area contributed by atoms with Crippen molar-refractivity contribution in [2.75, 3.05) is 20.3 Å². The fraction of sp³-hybridized carbons (Fsp3) is 0.455. The predicted octanol–water partition coefficient (Wildman–Crippen LogP) is 1.43. The number of rotatable bonds is 6. The largest absolute Gasteiger partial charge is 0.493 e. The van der Waals surface area contributed by atoms with Gasteiger partial charge in [-0.05, 0) is 19.1 Å². The molecule has 1 N–H and O–H groups in total. The third-order valence-corrected chi connectivity index (χ3v) is 1.81. The SMILES string of the molecule is COc1ccccc1OC(C)OCCO. The van der Waals surface area contributed by atoms with Crippen LogP contribution in [0.2, 0.25) is 0 Å². The molecule has 0 amide bonds. The maximum absolute atomic E-state index is 8.58. The minimum Gasteiger partial charge on any atom is -0.493 e. The van der Waals surface area contributed by atoms with Crippen molar-refractivity contribution < 1.29 is 19.3 Å². The molecule has 0 spiro atoms. The molecule has 0 heterocycles. The second-order valence-corrected chi connectivity index (χ2v) is 2.93. The molecule has 1 unspecified atom stereocenters. The molecule has 84 valence electrons. The van der Waals surface area contributed by atoms with Gasteiger partial charge in [-0.15, -0.1) is 0 Å². The predicted molar refractivity (Wildman–Crippen MR) is 56.1 cm³/mol. The molecule has 0 saturated heterocycles. The molecule has 1 rings (SSSR count). The van der Waals surface area contributed by atoms with Gasteiger partial charge in [-0.2, -0.15) is 0 Å². The second-order valence-electron chi connectivity index (χ2n) is 2.93. The molecule has 1 atom stereocenters. The van der Waals surface area contributed by atoms with Gasteiger partial charge in [0.25, 0.3) is 0 Å². The van der Waals surface area contributed by atoms with E-state index in [0.29, 0.717) is 11.5 Å². The fourth-order valence-corrected chi connectivity index (χ4v) is 1.15. The van der Waals surface area contributed by atoms with Crippen LogP contribution >= 0.6 is 0 Å². The Morgan fingerprint density at radius 3 is 2.53 bits per heavy atom. The highest BCUT2D eigenvalue weighted by Crippen LogP contribution is 2.26. The summed E-state index contributed by atoms with van der Waals surface area (Å²) in [4.78, 5) is 0. The zero-order valence-electron chi connectivity index (χ0n) is 8.97. The van der Waals surface area contributed by atoms with Crippen LogP contribution < -0.4 is 9.47 Å². The summed E-state index contributed by atoms with van der Waals surface area (Å²) in [6, 6.07) is 7.34. The van der Waals surface area contributed by atoms with E-state index >= 15 is 0 Å². The van der Waals surface area contributed by atoms with Crippen LogP contribution in [-0.4, -0.2) is 31.7 Å². The lowest BCUT2D eigenvalue weighted by molar-refractivity contribution is -0.0769. The first-order chi connectivity index (χ1) is 7.27. The number of methoxy groups -OCH3 is 1. The lowest BCUT2D eigenvalue weighted by atomic mass is 10.3. The molecule has 0 aliphatic carbocycles. The van der Waals surface area contributed by atoms with Crippen LogP contribution in [0.3, 0.4) is 0 Å². The third kappa shape index (κ3) is 3.77.